The zero-order valence-corrected chi connectivity index (χ0v) is 14.2. The topological polar surface area (TPSA) is 70.1 Å². The van der Waals surface area contributed by atoms with Gasteiger partial charge in [0.2, 0.25) is 10.0 Å². The molecule has 1 heterocycles. The summed E-state index contributed by atoms with van der Waals surface area (Å²) < 4.78 is 32.0. The molecule has 0 unspecified atom stereocenters. The van der Waals surface area contributed by atoms with Gasteiger partial charge in [-0.1, -0.05) is 0 Å². The van der Waals surface area contributed by atoms with E-state index in [1.54, 1.807) is 43.5 Å². The summed E-state index contributed by atoms with van der Waals surface area (Å²) in [6.45, 7) is 2.07. The third-order valence-corrected chi connectivity index (χ3v) is 6.06. The molecule has 0 radical (unpaired) electrons. The van der Waals surface area contributed by atoms with Crippen molar-refractivity contribution in [2.75, 3.05) is 38.2 Å². The summed E-state index contributed by atoms with van der Waals surface area (Å²) in [6, 6.07) is 13.4. The Kier molecular flexibility index (Phi) is 4.64. The van der Waals surface area contributed by atoms with E-state index in [2.05, 4.69) is 4.90 Å². The number of aromatic hydroxyl groups is 1. The molecule has 0 saturated carbocycles. The van der Waals surface area contributed by atoms with Crippen molar-refractivity contribution in [3.8, 4) is 11.5 Å². The van der Waals surface area contributed by atoms with Crippen LogP contribution in [0.5, 0.6) is 11.5 Å². The molecule has 24 heavy (non-hydrogen) atoms. The lowest BCUT2D eigenvalue weighted by atomic mass is 10.2. The molecule has 1 N–H and O–H groups in total. The first-order valence-electron chi connectivity index (χ1n) is 7.69. The second-order valence-corrected chi connectivity index (χ2v) is 7.52. The molecule has 1 fully saturated rings. The molecule has 0 bridgehead atoms. The number of rotatable bonds is 4. The molecular formula is C17H20N2O4S. The first-order valence-corrected chi connectivity index (χ1v) is 9.13. The van der Waals surface area contributed by atoms with Gasteiger partial charge in [-0.2, -0.15) is 4.31 Å². The maximum atomic E-state index is 12.7. The van der Waals surface area contributed by atoms with Gasteiger partial charge < -0.3 is 14.7 Å². The summed E-state index contributed by atoms with van der Waals surface area (Å²) in [7, 11) is -1.94. The van der Waals surface area contributed by atoms with E-state index in [1.807, 2.05) is 12.1 Å². The van der Waals surface area contributed by atoms with Gasteiger partial charge in [0.05, 0.1) is 12.0 Å². The molecule has 0 aliphatic carbocycles. The zero-order valence-electron chi connectivity index (χ0n) is 13.4. The minimum Gasteiger partial charge on any atom is -0.508 e. The minimum absolute atomic E-state index is 0.222. The number of hydrogen-bond donors (Lipinski definition) is 1. The number of methoxy groups -OCH3 is 1. The molecule has 6 nitrogen and oxygen atoms in total. The lowest BCUT2D eigenvalue weighted by Crippen LogP contribution is -2.48. The monoisotopic (exact) mass is 348 g/mol. The Morgan fingerprint density at radius 3 is 2.04 bits per heavy atom. The predicted molar refractivity (Wildman–Crippen MR) is 92.1 cm³/mol. The molecule has 1 saturated heterocycles. The summed E-state index contributed by atoms with van der Waals surface area (Å²) >= 11 is 0. The first-order chi connectivity index (χ1) is 11.5. The maximum absolute atomic E-state index is 12.7. The molecule has 0 amide bonds. The van der Waals surface area contributed by atoms with E-state index in [9.17, 15) is 13.5 Å². The van der Waals surface area contributed by atoms with Crippen LogP contribution in [-0.4, -0.2) is 51.1 Å². The van der Waals surface area contributed by atoms with Crippen molar-refractivity contribution in [1.29, 1.82) is 0 Å². The molecule has 0 spiro atoms. The quantitative estimate of drug-likeness (QED) is 0.914. The Balaban J connectivity index is 1.69. The van der Waals surface area contributed by atoms with Crippen molar-refractivity contribution in [3.05, 3.63) is 48.5 Å². The summed E-state index contributed by atoms with van der Waals surface area (Å²) in [5.74, 6) is 0.852. The SMILES string of the molecule is COc1ccc(S(=O)(=O)N2CCN(c3ccc(O)cc3)CC2)cc1. The summed E-state index contributed by atoms with van der Waals surface area (Å²) in [5.41, 5.74) is 0.981. The van der Waals surface area contributed by atoms with Crippen molar-refractivity contribution < 1.29 is 18.3 Å². The van der Waals surface area contributed by atoms with Crippen LogP contribution < -0.4 is 9.64 Å². The van der Waals surface area contributed by atoms with Crippen LogP contribution in [0, 0.1) is 0 Å². The highest BCUT2D eigenvalue weighted by molar-refractivity contribution is 7.89. The van der Waals surface area contributed by atoms with Gasteiger partial charge in [-0.15, -0.1) is 0 Å². The Morgan fingerprint density at radius 1 is 0.917 bits per heavy atom. The summed E-state index contributed by atoms with van der Waals surface area (Å²) in [5, 5.41) is 9.35. The highest BCUT2D eigenvalue weighted by Crippen LogP contribution is 2.23. The molecule has 3 rings (SSSR count). The second-order valence-electron chi connectivity index (χ2n) is 5.58. The highest BCUT2D eigenvalue weighted by atomic mass is 32.2. The van der Waals surface area contributed by atoms with E-state index in [4.69, 9.17) is 4.74 Å². The number of phenols is 1. The third-order valence-electron chi connectivity index (χ3n) is 4.15. The standard InChI is InChI=1S/C17H20N2O4S/c1-23-16-6-8-17(9-7-16)24(21,22)19-12-10-18(11-13-19)14-2-4-15(20)5-3-14/h2-9,20H,10-13H2,1H3. The van der Waals surface area contributed by atoms with Crippen LogP contribution in [0.3, 0.4) is 0 Å². The molecule has 2 aromatic carbocycles. The van der Waals surface area contributed by atoms with Gasteiger partial charge >= 0.3 is 0 Å². The van der Waals surface area contributed by atoms with Gasteiger partial charge in [-0.3, -0.25) is 0 Å². The van der Waals surface area contributed by atoms with Crippen molar-refractivity contribution in [1.82, 2.24) is 4.31 Å². The van der Waals surface area contributed by atoms with Gasteiger partial charge in [0.25, 0.3) is 0 Å². The minimum atomic E-state index is -3.49. The normalized spacial score (nSPS) is 16.1. The fourth-order valence-corrected chi connectivity index (χ4v) is 4.17. The molecule has 0 aromatic heterocycles. The predicted octanol–water partition coefficient (Wildman–Crippen LogP) is 1.91. The Bertz CT molecular complexity index is 780. The average molecular weight is 348 g/mol. The fraction of sp³-hybridized carbons (Fsp3) is 0.294. The molecule has 0 atom stereocenters. The van der Waals surface area contributed by atoms with Crippen molar-refractivity contribution in [3.63, 3.8) is 0 Å². The van der Waals surface area contributed by atoms with E-state index in [0.717, 1.165) is 5.69 Å². The van der Waals surface area contributed by atoms with Gasteiger partial charge in [0.15, 0.2) is 0 Å². The highest BCUT2D eigenvalue weighted by Gasteiger charge is 2.28. The molecule has 1 aliphatic rings. The lowest BCUT2D eigenvalue weighted by Gasteiger charge is -2.35. The van der Waals surface area contributed by atoms with Crippen LogP contribution in [0.25, 0.3) is 0 Å². The third kappa shape index (κ3) is 3.32. The van der Waals surface area contributed by atoms with E-state index in [1.165, 1.54) is 4.31 Å². The number of benzene rings is 2. The second kappa shape index (κ2) is 6.70. The molecule has 1 aliphatic heterocycles. The molecule has 2 aromatic rings. The van der Waals surface area contributed by atoms with Crippen LogP contribution in [0.15, 0.2) is 53.4 Å². The maximum Gasteiger partial charge on any atom is 0.243 e. The van der Waals surface area contributed by atoms with E-state index < -0.39 is 10.0 Å². The van der Waals surface area contributed by atoms with Crippen LogP contribution >= 0.6 is 0 Å². The Labute approximate surface area is 141 Å². The van der Waals surface area contributed by atoms with E-state index >= 15 is 0 Å². The van der Waals surface area contributed by atoms with Crippen molar-refractivity contribution in [2.24, 2.45) is 0 Å². The van der Waals surface area contributed by atoms with Crippen LogP contribution in [0.2, 0.25) is 0 Å². The summed E-state index contributed by atoms with van der Waals surface area (Å²) in [6.07, 6.45) is 0. The zero-order chi connectivity index (χ0) is 17.2. The van der Waals surface area contributed by atoms with Gasteiger partial charge in [0.1, 0.15) is 11.5 Å². The number of nitrogens with zero attached hydrogens (tertiary/aromatic N) is 2. The molecule has 128 valence electrons. The number of hydrogen-bond acceptors (Lipinski definition) is 5. The van der Waals surface area contributed by atoms with Crippen LogP contribution in [0.1, 0.15) is 0 Å². The van der Waals surface area contributed by atoms with Gasteiger partial charge in [-0.25, -0.2) is 8.42 Å². The number of sulfonamides is 1. The first kappa shape index (κ1) is 16.6. The summed E-state index contributed by atoms with van der Waals surface area (Å²) in [4.78, 5) is 2.39. The Morgan fingerprint density at radius 2 is 1.50 bits per heavy atom. The van der Waals surface area contributed by atoms with Crippen LogP contribution in [0.4, 0.5) is 5.69 Å². The number of anilines is 1. The lowest BCUT2D eigenvalue weighted by molar-refractivity contribution is 0.384. The number of phenolic OH excluding ortho intramolecular Hbond substituents is 1. The van der Waals surface area contributed by atoms with Crippen LogP contribution in [-0.2, 0) is 10.0 Å². The largest absolute Gasteiger partial charge is 0.508 e. The van der Waals surface area contributed by atoms with Gasteiger partial charge in [-0.05, 0) is 48.5 Å². The van der Waals surface area contributed by atoms with Crippen molar-refractivity contribution in [2.45, 2.75) is 4.90 Å². The number of piperazine rings is 1. The smallest absolute Gasteiger partial charge is 0.243 e. The fourth-order valence-electron chi connectivity index (χ4n) is 2.75. The van der Waals surface area contributed by atoms with Gasteiger partial charge in [0, 0.05) is 31.9 Å². The van der Waals surface area contributed by atoms with Crippen molar-refractivity contribution >= 4 is 15.7 Å². The van der Waals surface area contributed by atoms with E-state index in [-0.39, 0.29) is 10.6 Å². The number of ether oxygens (including phenoxy) is 1. The molecule has 7 heteroatoms. The molecular weight excluding hydrogens is 328 g/mol. The van der Waals surface area contributed by atoms with E-state index in [0.29, 0.717) is 31.9 Å². The Hall–Kier alpha value is -2.25. The average Bonchev–Trinajstić information content (AvgIpc) is 2.62.